The highest BCUT2D eigenvalue weighted by atomic mass is 32.2. The molecule has 4 nitrogen and oxygen atoms in total. The third-order valence-electron chi connectivity index (χ3n) is 3.99. The van der Waals surface area contributed by atoms with E-state index in [4.69, 9.17) is 4.74 Å². The largest absolute Gasteiger partial charge is 0.452 e. The number of carbonyl (C=O) groups is 2. The van der Waals surface area contributed by atoms with Crippen LogP contribution in [0.1, 0.15) is 12.5 Å². The Kier molecular flexibility index (Phi) is 5.38. The van der Waals surface area contributed by atoms with Gasteiger partial charge in [-0.25, -0.2) is 4.39 Å². The lowest BCUT2D eigenvalue weighted by atomic mass is 10.2. The minimum atomic E-state index is -0.875. The van der Waals surface area contributed by atoms with Gasteiger partial charge in [-0.1, -0.05) is 30.3 Å². The maximum absolute atomic E-state index is 13.5. The number of benzene rings is 2. The molecule has 0 radical (unpaired) electrons. The molecule has 0 fully saturated rings. The molecule has 0 aromatic heterocycles. The summed E-state index contributed by atoms with van der Waals surface area (Å²) in [5.74, 6) is -1.20. The van der Waals surface area contributed by atoms with Crippen LogP contribution in [0.15, 0.2) is 53.4 Å². The molecule has 0 unspecified atom stereocenters. The molecular formula is C19H18FNO3S. The quantitative estimate of drug-likeness (QED) is 0.606. The summed E-state index contributed by atoms with van der Waals surface area (Å²) in [6.07, 6.45) is -0.0778. The number of hydrogen-bond acceptors (Lipinski definition) is 4. The highest BCUT2D eigenvalue weighted by molar-refractivity contribution is 8.00. The number of hydrogen-bond donors (Lipinski definition) is 0. The molecule has 0 spiro atoms. The van der Waals surface area contributed by atoms with Crippen molar-refractivity contribution in [2.45, 2.75) is 24.3 Å². The van der Waals surface area contributed by atoms with Gasteiger partial charge in [0.15, 0.2) is 6.10 Å². The predicted molar refractivity (Wildman–Crippen MR) is 95.2 cm³/mol. The second kappa shape index (κ2) is 7.70. The topological polar surface area (TPSA) is 46.6 Å². The van der Waals surface area contributed by atoms with E-state index in [2.05, 4.69) is 0 Å². The number of thioether (sulfide) groups is 1. The average Bonchev–Trinajstić information content (AvgIpc) is 3.04. The Morgan fingerprint density at radius 3 is 2.72 bits per heavy atom. The standard InChI is InChI=1S/C19H18FNO3S/c1-13(19(23)21-11-10-14-6-2-4-8-16(14)21)24-18(22)12-25-17-9-5-3-7-15(17)20/h2-9,13H,10-12H2,1H3/t13-/m0/s1. The molecule has 2 aromatic carbocycles. The lowest BCUT2D eigenvalue weighted by Crippen LogP contribution is -2.39. The maximum atomic E-state index is 13.5. The molecule has 1 heterocycles. The summed E-state index contributed by atoms with van der Waals surface area (Å²) in [7, 11) is 0. The number of anilines is 1. The second-order valence-corrected chi connectivity index (χ2v) is 6.74. The van der Waals surface area contributed by atoms with Crippen molar-refractivity contribution in [2.24, 2.45) is 0 Å². The molecule has 1 amide bonds. The van der Waals surface area contributed by atoms with E-state index in [1.165, 1.54) is 6.07 Å². The molecule has 25 heavy (non-hydrogen) atoms. The van der Waals surface area contributed by atoms with Crippen molar-refractivity contribution in [3.05, 3.63) is 59.9 Å². The van der Waals surface area contributed by atoms with E-state index in [1.54, 1.807) is 30.0 Å². The minimum Gasteiger partial charge on any atom is -0.452 e. The van der Waals surface area contributed by atoms with Crippen molar-refractivity contribution < 1.29 is 18.7 Å². The Hall–Kier alpha value is -2.34. The summed E-state index contributed by atoms with van der Waals surface area (Å²) in [6, 6.07) is 13.9. The summed E-state index contributed by atoms with van der Waals surface area (Å²) in [4.78, 5) is 26.6. The van der Waals surface area contributed by atoms with Crippen molar-refractivity contribution >= 4 is 29.3 Å². The number of halogens is 1. The van der Waals surface area contributed by atoms with Crippen LogP contribution in [0.25, 0.3) is 0 Å². The van der Waals surface area contributed by atoms with E-state index in [-0.39, 0.29) is 17.5 Å². The molecule has 1 aliphatic rings. The highest BCUT2D eigenvalue weighted by Gasteiger charge is 2.29. The number of rotatable bonds is 5. The fraction of sp³-hybridized carbons (Fsp3) is 0.263. The SMILES string of the molecule is C[C@H](OC(=O)CSc1ccccc1F)C(=O)N1CCc2ccccc21. The van der Waals surface area contributed by atoms with Crippen molar-refractivity contribution in [1.29, 1.82) is 0 Å². The van der Waals surface area contributed by atoms with Crippen molar-refractivity contribution in [3.63, 3.8) is 0 Å². The highest BCUT2D eigenvalue weighted by Crippen LogP contribution is 2.28. The van der Waals surface area contributed by atoms with Crippen LogP contribution in [0.5, 0.6) is 0 Å². The first-order chi connectivity index (χ1) is 12.1. The summed E-state index contributed by atoms with van der Waals surface area (Å²) < 4.78 is 18.8. The summed E-state index contributed by atoms with van der Waals surface area (Å²) >= 11 is 1.06. The lowest BCUT2D eigenvalue weighted by molar-refractivity contribution is -0.151. The molecule has 0 saturated carbocycles. The van der Waals surface area contributed by atoms with E-state index >= 15 is 0 Å². The smallest absolute Gasteiger partial charge is 0.317 e. The fourth-order valence-corrected chi connectivity index (χ4v) is 3.49. The van der Waals surface area contributed by atoms with Crippen molar-refractivity contribution in [2.75, 3.05) is 17.2 Å². The number of carbonyl (C=O) groups excluding carboxylic acids is 2. The zero-order valence-corrected chi connectivity index (χ0v) is 14.6. The zero-order chi connectivity index (χ0) is 17.8. The molecule has 0 saturated heterocycles. The molecule has 0 bridgehead atoms. The second-order valence-electron chi connectivity index (χ2n) is 5.72. The van der Waals surface area contributed by atoms with Crippen molar-refractivity contribution in [1.82, 2.24) is 0 Å². The van der Waals surface area contributed by atoms with E-state index in [0.717, 1.165) is 29.4 Å². The van der Waals surface area contributed by atoms with Crippen LogP contribution in [0, 0.1) is 5.82 Å². The lowest BCUT2D eigenvalue weighted by Gasteiger charge is -2.21. The molecule has 6 heteroatoms. The van der Waals surface area contributed by atoms with Crippen LogP contribution in [-0.4, -0.2) is 30.3 Å². The number of para-hydroxylation sites is 1. The summed E-state index contributed by atoms with van der Waals surface area (Å²) in [5.41, 5.74) is 1.99. The molecular weight excluding hydrogens is 341 g/mol. The van der Waals surface area contributed by atoms with E-state index in [0.29, 0.717) is 11.4 Å². The van der Waals surface area contributed by atoms with Gasteiger partial charge in [0.2, 0.25) is 0 Å². The van der Waals surface area contributed by atoms with Crippen LogP contribution >= 0.6 is 11.8 Å². The van der Waals surface area contributed by atoms with Crippen LogP contribution in [0.4, 0.5) is 10.1 Å². The maximum Gasteiger partial charge on any atom is 0.317 e. The van der Waals surface area contributed by atoms with Gasteiger partial charge in [0.1, 0.15) is 5.82 Å². The molecule has 1 aliphatic heterocycles. The Morgan fingerprint density at radius 1 is 1.20 bits per heavy atom. The Bertz CT molecular complexity index is 796. The minimum absolute atomic E-state index is 0.0465. The number of nitrogens with zero attached hydrogens (tertiary/aromatic N) is 1. The number of ether oxygens (including phenoxy) is 1. The van der Waals surface area contributed by atoms with E-state index in [1.807, 2.05) is 24.3 Å². The Labute approximate surface area is 150 Å². The van der Waals surface area contributed by atoms with Crippen molar-refractivity contribution in [3.8, 4) is 0 Å². The van der Waals surface area contributed by atoms with E-state index in [9.17, 15) is 14.0 Å². The first-order valence-corrected chi connectivity index (χ1v) is 9.01. The van der Waals surface area contributed by atoms with Gasteiger partial charge >= 0.3 is 5.97 Å². The Morgan fingerprint density at radius 2 is 1.92 bits per heavy atom. The monoisotopic (exact) mass is 359 g/mol. The summed E-state index contributed by atoms with van der Waals surface area (Å²) in [5, 5.41) is 0. The van der Waals surface area contributed by atoms with Crippen LogP contribution in [0.2, 0.25) is 0 Å². The summed E-state index contributed by atoms with van der Waals surface area (Å²) in [6.45, 7) is 2.15. The van der Waals surface area contributed by atoms with Crippen LogP contribution in [-0.2, 0) is 20.7 Å². The zero-order valence-electron chi connectivity index (χ0n) is 13.8. The molecule has 0 N–H and O–H groups in total. The first kappa shape index (κ1) is 17.5. The van der Waals surface area contributed by atoms with Gasteiger partial charge in [0.05, 0.1) is 5.75 Å². The van der Waals surface area contributed by atoms with E-state index < -0.39 is 12.1 Å². The predicted octanol–water partition coefficient (Wildman–Crippen LogP) is 3.44. The normalized spacial score (nSPS) is 14.1. The number of fused-ring (bicyclic) bond motifs is 1. The van der Waals surface area contributed by atoms with Crippen LogP contribution < -0.4 is 4.90 Å². The first-order valence-electron chi connectivity index (χ1n) is 8.02. The molecule has 1 atom stereocenters. The molecule has 0 aliphatic carbocycles. The van der Waals surface area contributed by atoms with Gasteiger partial charge in [0, 0.05) is 17.1 Å². The molecule has 3 rings (SSSR count). The van der Waals surface area contributed by atoms with Gasteiger partial charge < -0.3 is 9.64 Å². The van der Waals surface area contributed by atoms with Crippen LogP contribution in [0.3, 0.4) is 0 Å². The fourth-order valence-electron chi connectivity index (χ4n) is 2.77. The van der Waals surface area contributed by atoms with Gasteiger partial charge in [-0.05, 0) is 37.1 Å². The number of amides is 1. The van der Waals surface area contributed by atoms with Gasteiger partial charge in [-0.15, -0.1) is 11.8 Å². The number of esters is 1. The average molecular weight is 359 g/mol. The van der Waals surface area contributed by atoms with Gasteiger partial charge in [-0.2, -0.15) is 0 Å². The third-order valence-corrected chi connectivity index (χ3v) is 5.01. The molecule has 130 valence electrons. The molecule has 2 aromatic rings. The van der Waals surface area contributed by atoms with Gasteiger partial charge in [-0.3, -0.25) is 9.59 Å². The Balaban J connectivity index is 1.55. The van der Waals surface area contributed by atoms with Gasteiger partial charge in [0.25, 0.3) is 5.91 Å². The third kappa shape index (κ3) is 4.02.